The molecule has 0 radical (unpaired) electrons. The Morgan fingerprint density at radius 1 is 1.27 bits per heavy atom. The third kappa shape index (κ3) is 3.95. The topological polar surface area (TPSA) is 33.2 Å². The van der Waals surface area contributed by atoms with Crippen LogP contribution >= 0.6 is 11.3 Å². The van der Waals surface area contributed by atoms with Crippen molar-refractivity contribution in [3.63, 3.8) is 0 Å². The van der Waals surface area contributed by atoms with E-state index in [2.05, 4.69) is 35.3 Å². The lowest BCUT2D eigenvalue weighted by Gasteiger charge is -2.32. The van der Waals surface area contributed by atoms with Gasteiger partial charge in [-0.15, -0.1) is 11.3 Å². The highest BCUT2D eigenvalue weighted by atomic mass is 32.1. The molecule has 1 aliphatic rings. The quantitative estimate of drug-likeness (QED) is 0.865. The van der Waals surface area contributed by atoms with Gasteiger partial charge in [0.05, 0.1) is 17.1 Å². The van der Waals surface area contributed by atoms with Crippen LogP contribution < -0.4 is 0 Å². The number of piperidine rings is 1. The van der Waals surface area contributed by atoms with Gasteiger partial charge in [-0.3, -0.25) is 4.79 Å². The van der Waals surface area contributed by atoms with E-state index in [1.807, 2.05) is 17.2 Å². The summed E-state index contributed by atoms with van der Waals surface area (Å²) in [7, 11) is 0. The van der Waals surface area contributed by atoms with Crippen LogP contribution in [0.1, 0.15) is 29.1 Å². The molecule has 116 valence electrons. The monoisotopic (exact) mass is 314 g/mol. The first kappa shape index (κ1) is 15.2. The van der Waals surface area contributed by atoms with Crippen molar-refractivity contribution >= 4 is 17.2 Å². The zero-order chi connectivity index (χ0) is 15.4. The number of hydrogen-bond donors (Lipinski definition) is 0. The predicted molar refractivity (Wildman–Crippen MR) is 90.0 cm³/mol. The molecule has 1 amide bonds. The molecule has 1 aromatic carbocycles. The molecular formula is C18H22N2OS. The summed E-state index contributed by atoms with van der Waals surface area (Å²) in [5.41, 5.74) is 2.32. The average molecular weight is 314 g/mol. The van der Waals surface area contributed by atoms with E-state index in [4.69, 9.17) is 0 Å². The van der Waals surface area contributed by atoms with Gasteiger partial charge in [-0.25, -0.2) is 4.98 Å². The van der Waals surface area contributed by atoms with E-state index in [0.717, 1.165) is 43.1 Å². The minimum absolute atomic E-state index is 0.225. The molecule has 3 nitrogen and oxygen atoms in total. The van der Waals surface area contributed by atoms with Crippen LogP contribution in [0.4, 0.5) is 0 Å². The molecule has 0 spiro atoms. The Balaban J connectivity index is 1.48. The summed E-state index contributed by atoms with van der Waals surface area (Å²) in [6.07, 6.45) is 3.80. The number of hydrogen-bond acceptors (Lipinski definition) is 3. The second kappa shape index (κ2) is 7.05. The molecule has 0 aliphatic carbocycles. The molecule has 1 aliphatic heterocycles. The Bertz CT molecular complexity index is 615. The van der Waals surface area contributed by atoms with Crippen LogP contribution in [0, 0.1) is 12.8 Å². The lowest BCUT2D eigenvalue weighted by atomic mass is 9.90. The fraction of sp³-hybridized carbons (Fsp3) is 0.444. The molecule has 4 heteroatoms. The highest BCUT2D eigenvalue weighted by molar-refractivity contribution is 7.09. The summed E-state index contributed by atoms with van der Waals surface area (Å²) in [5, 5.41) is 3.03. The summed E-state index contributed by atoms with van der Waals surface area (Å²) in [5.74, 6) is 0.927. The number of likely N-dealkylation sites (tertiary alicyclic amines) is 1. The molecular weight excluding hydrogens is 292 g/mol. The maximum Gasteiger partial charge on any atom is 0.228 e. The lowest BCUT2D eigenvalue weighted by Crippen LogP contribution is -2.39. The number of amides is 1. The highest BCUT2D eigenvalue weighted by Gasteiger charge is 2.23. The van der Waals surface area contributed by atoms with Gasteiger partial charge in [-0.1, -0.05) is 30.3 Å². The summed E-state index contributed by atoms with van der Waals surface area (Å²) in [4.78, 5) is 18.7. The fourth-order valence-electron chi connectivity index (χ4n) is 3.09. The Labute approximate surface area is 136 Å². The molecule has 0 N–H and O–H groups in total. The summed E-state index contributed by atoms with van der Waals surface area (Å²) < 4.78 is 0. The molecule has 22 heavy (non-hydrogen) atoms. The zero-order valence-corrected chi connectivity index (χ0v) is 13.8. The standard InChI is InChI=1S/C18H22N2OS/c1-14-19-17(13-22-14)12-18(21)20-9-7-16(8-10-20)11-15-5-3-2-4-6-15/h2-6,13,16H,7-12H2,1H3. The van der Waals surface area contributed by atoms with Gasteiger partial charge in [0.2, 0.25) is 5.91 Å². The smallest absolute Gasteiger partial charge is 0.228 e. The lowest BCUT2D eigenvalue weighted by molar-refractivity contribution is -0.131. The first-order valence-electron chi connectivity index (χ1n) is 7.93. The maximum absolute atomic E-state index is 12.3. The number of aryl methyl sites for hydroxylation is 1. The number of rotatable bonds is 4. The minimum atomic E-state index is 0.225. The van der Waals surface area contributed by atoms with Crippen molar-refractivity contribution in [1.82, 2.24) is 9.88 Å². The SMILES string of the molecule is Cc1nc(CC(=O)N2CCC(Cc3ccccc3)CC2)cs1. The van der Waals surface area contributed by atoms with E-state index in [1.54, 1.807) is 11.3 Å². The molecule has 2 heterocycles. The zero-order valence-electron chi connectivity index (χ0n) is 13.0. The second-order valence-electron chi connectivity index (χ2n) is 6.05. The Morgan fingerprint density at radius 3 is 2.64 bits per heavy atom. The first-order valence-corrected chi connectivity index (χ1v) is 8.81. The van der Waals surface area contributed by atoms with Crippen molar-refractivity contribution in [1.29, 1.82) is 0 Å². The van der Waals surface area contributed by atoms with Gasteiger partial charge in [-0.05, 0) is 37.7 Å². The van der Waals surface area contributed by atoms with Crippen molar-refractivity contribution in [2.75, 3.05) is 13.1 Å². The van der Waals surface area contributed by atoms with E-state index in [-0.39, 0.29) is 5.91 Å². The van der Waals surface area contributed by atoms with Crippen LogP contribution in [0.25, 0.3) is 0 Å². The molecule has 0 atom stereocenters. The van der Waals surface area contributed by atoms with E-state index in [9.17, 15) is 4.79 Å². The van der Waals surface area contributed by atoms with Gasteiger partial charge in [0, 0.05) is 18.5 Å². The maximum atomic E-state index is 12.3. The molecule has 1 fully saturated rings. The van der Waals surface area contributed by atoms with Gasteiger partial charge in [-0.2, -0.15) is 0 Å². The number of carbonyl (C=O) groups excluding carboxylic acids is 1. The van der Waals surface area contributed by atoms with Crippen LogP contribution in [-0.2, 0) is 17.6 Å². The van der Waals surface area contributed by atoms with Gasteiger partial charge >= 0.3 is 0 Å². The van der Waals surface area contributed by atoms with Crippen molar-refractivity contribution in [2.24, 2.45) is 5.92 Å². The molecule has 2 aromatic rings. The largest absolute Gasteiger partial charge is 0.342 e. The van der Waals surface area contributed by atoms with E-state index < -0.39 is 0 Å². The van der Waals surface area contributed by atoms with Gasteiger partial charge < -0.3 is 4.90 Å². The first-order chi connectivity index (χ1) is 10.7. The summed E-state index contributed by atoms with van der Waals surface area (Å²) in [6, 6.07) is 10.7. The number of nitrogens with zero attached hydrogens (tertiary/aromatic N) is 2. The van der Waals surface area contributed by atoms with Gasteiger partial charge in [0.1, 0.15) is 0 Å². The summed E-state index contributed by atoms with van der Waals surface area (Å²) >= 11 is 1.61. The van der Waals surface area contributed by atoms with Crippen LogP contribution in [-0.4, -0.2) is 28.9 Å². The highest BCUT2D eigenvalue weighted by Crippen LogP contribution is 2.22. The van der Waals surface area contributed by atoms with E-state index in [1.165, 1.54) is 5.56 Å². The molecule has 0 bridgehead atoms. The minimum Gasteiger partial charge on any atom is -0.342 e. The Hall–Kier alpha value is -1.68. The Kier molecular flexibility index (Phi) is 4.88. The normalized spacial score (nSPS) is 16.0. The van der Waals surface area contributed by atoms with Crippen LogP contribution in [0.15, 0.2) is 35.7 Å². The Morgan fingerprint density at radius 2 is 2.00 bits per heavy atom. The van der Waals surface area contributed by atoms with Crippen molar-refractivity contribution in [3.8, 4) is 0 Å². The molecule has 0 unspecified atom stereocenters. The number of benzene rings is 1. The van der Waals surface area contributed by atoms with Gasteiger partial charge in [0.25, 0.3) is 0 Å². The number of carbonyl (C=O) groups is 1. The summed E-state index contributed by atoms with van der Waals surface area (Å²) in [6.45, 7) is 3.76. The number of thiazole rings is 1. The predicted octanol–water partition coefficient (Wildman–Crippen LogP) is 3.48. The van der Waals surface area contributed by atoms with Crippen LogP contribution in [0.2, 0.25) is 0 Å². The van der Waals surface area contributed by atoms with E-state index >= 15 is 0 Å². The average Bonchev–Trinajstić information content (AvgIpc) is 2.94. The fourth-order valence-corrected chi connectivity index (χ4v) is 3.70. The second-order valence-corrected chi connectivity index (χ2v) is 7.11. The third-order valence-electron chi connectivity index (χ3n) is 4.33. The van der Waals surface area contributed by atoms with Crippen LogP contribution in [0.3, 0.4) is 0 Å². The van der Waals surface area contributed by atoms with Crippen LogP contribution in [0.5, 0.6) is 0 Å². The van der Waals surface area contributed by atoms with Gasteiger partial charge in [0.15, 0.2) is 0 Å². The molecule has 3 rings (SSSR count). The molecule has 0 saturated carbocycles. The van der Waals surface area contributed by atoms with Crippen molar-refractivity contribution in [2.45, 2.75) is 32.6 Å². The molecule has 1 aromatic heterocycles. The van der Waals surface area contributed by atoms with Crippen molar-refractivity contribution < 1.29 is 4.79 Å². The van der Waals surface area contributed by atoms with Crippen molar-refractivity contribution in [3.05, 3.63) is 52.0 Å². The number of aromatic nitrogens is 1. The van der Waals surface area contributed by atoms with E-state index in [0.29, 0.717) is 12.3 Å². The molecule has 1 saturated heterocycles. The third-order valence-corrected chi connectivity index (χ3v) is 5.16.